The summed E-state index contributed by atoms with van der Waals surface area (Å²) in [5, 5.41) is 0. The van der Waals surface area contributed by atoms with Crippen LogP contribution in [0.15, 0.2) is 18.2 Å². The topological polar surface area (TPSA) is 46.3 Å². The number of hydrogen-bond donors (Lipinski definition) is 1. The third-order valence-corrected chi connectivity index (χ3v) is 2.87. The summed E-state index contributed by atoms with van der Waals surface area (Å²) in [5.74, 6) is 0.00199. The molecular weight excluding hydrogens is 244 g/mol. The monoisotopic (exact) mass is 264 g/mol. The number of carbonyl (C=O) groups is 1. The molecule has 1 rings (SSSR count). The Morgan fingerprint density at radius 1 is 1.39 bits per heavy atom. The lowest BCUT2D eigenvalue weighted by Gasteiger charge is -2.22. The Bertz CT molecular complexity index is 457. The zero-order valence-electron chi connectivity index (χ0n) is 11.2. The summed E-state index contributed by atoms with van der Waals surface area (Å²) in [5.41, 5.74) is 8.41. The minimum atomic E-state index is 0.00199. The van der Waals surface area contributed by atoms with Crippen LogP contribution in [-0.2, 0) is 0 Å². The molecule has 1 aromatic carbocycles. The van der Waals surface area contributed by atoms with Gasteiger partial charge in [-0.1, -0.05) is 36.8 Å². The molecule has 0 saturated heterocycles. The second-order valence-corrected chi connectivity index (χ2v) is 5.04. The van der Waals surface area contributed by atoms with Crippen molar-refractivity contribution in [2.24, 2.45) is 5.73 Å². The number of thiocarbonyl (C=S) groups is 1. The standard InChI is InChI=1S/C14H20N2OS/c1-4-7-16(9-13(15)18)14(17)12-6-5-10(2)8-11(12)3/h5-6,8H,4,7,9H2,1-3H3,(H2,15,18). The van der Waals surface area contributed by atoms with Gasteiger partial charge in [-0.2, -0.15) is 0 Å². The molecule has 0 unspecified atom stereocenters. The molecule has 2 N–H and O–H groups in total. The summed E-state index contributed by atoms with van der Waals surface area (Å²) in [6, 6.07) is 5.83. The molecule has 4 heteroatoms. The first-order valence-electron chi connectivity index (χ1n) is 6.10. The zero-order chi connectivity index (χ0) is 13.7. The van der Waals surface area contributed by atoms with Gasteiger partial charge >= 0.3 is 0 Å². The van der Waals surface area contributed by atoms with Crippen LogP contribution in [0.4, 0.5) is 0 Å². The molecule has 0 aliphatic heterocycles. The Morgan fingerprint density at radius 2 is 2.06 bits per heavy atom. The second kappa shape index (κ2) is 6.50. The number of nitrogens with zero attached hydrogens (tertiary/aromatic N) is 1. The minimum Gasteiger partial charge on any atom is -0.392 e. The van der Waals surface area contributed by atoms with E-state index in [0.29, 0.717) is 18.1 Å². The van der Waals surface area contributed by atoms with E-state index in [2.05, 4.69) is 0 Å². The predicted octanol–water partition coefficient (Wildman–Crippen LogP) is 2.44. The van der Waals surface area contributed by atoms with Crippen LogP contribution in [0.25, 0.3) is 0 Å². The Kier molecular flexibility index (Phi) is 5.28. The van der Waals surface area contributed by atoms with E-state index in [9.17, 15) is 4.79 Å². The van der Waals surface area contributed by atoms with Gasteiger partial charge in [0.15, 0.2) is 0 Å². The normalized spacial score (nSPS) is 10.2. The van der Waals surface area contributed by atoms with Crippen LogP contribution in [0, 0.1) is 13.8 Å². The van der Waals surface area contributed by atoms with Crippen LogP contribution in [0.2, 0.25) is 0 Å². The van der Waals surface area contributed by atoms with Gasteiger partial charge in [0.05, 0.1) is 11.5 Å². The summed E-state index contributed by atoms with van der Waals surface area (Å²) >= 11 is 4.89. The summed E-state index contributed by atoms with van der Waals surface area (Å²) in [6.07, 6.45) is 0.888. The van der Waals surface area contributed by atoms with Crippen LogP contribution >= 0.6 is 12.2 Å². The molecule has 0 atom stereocenters. The van der Waals surface area contributed by atoms with Gasteiger partial charge in [0.1, 0.15) is 0 Å². The zero-order valence-corrected chi connectivity index (χ0v) is 12.0. The van der Waals surface area contributed by atoms with E-state index in [1.807, 2.05) is 39.0 Å². The molecule has 0 aliphatic rings. The Labute approximate surface area is 114 Å². The van der Waals surface area contributed by atoms with Crippen molar-refractivity contribution in [1.82, 2.24) is 4.90 Å². The molecule has 98 valence electrons. The first-order valence-corrected chi connectivity index (χ1v) is 6.51. The van der Waals surface area contributed by atoms with Gasteiger partial charge in [-0.25, -0.2) is 0 Å². The van der Waals surface area contributed by atoms with Crippen molar-refractivity contribution in [3.05, 3.63) is 34.9 Å². The van der Waals surface area contributed by atoms with E-state index in [1.165, 1.54) is 0 Å². The van der Waals surface area contributed by atoms with Crippen molar-refractivity contribution in [1.29, 1.82) is 0 Å². The molecule has 0 fully saturated rings. The quantitative estimate of drug-likeness (QED) is 0.831. The number of benzene rings is 1. The van der Waals surface area contributed by atoms with E-state index in [4.69, 9.17) is 18.0 Å². The molecule has 0 aromatic heterocycles. The van der Waals surface area contributed by atoms with Crippen molar-refractivity contribution >= 4 is 23.1 Å². The lowest BCUT2D eigenvalue weighted by Crippen LogP contribution is -2.38. The fourth-order valence-corrected chi connectivity index (χ4v) is 2.09. The molecule has 3 nitrogen and oxygen atoms in total. The van der Waals surface area contributed by atoms with E-state index in [1.54, 1.807) is 4.90 Å². The Hall–Kier alpha value is -1.42. The molecule has 0 aliphatic carbocycles. The number of aryl methyl sites for hydroxylation is 2. The van der Waals surface area contributed by atoms with Gasteiger partial charge in [-0.15, -0.1) is 0 Å². The van der Waals surface area contributed by atoms with Gasteiger partial charge in [0.25, 0.3) is 5.91 Å². The van der Waals surface area contributed by atoms with Gasteiger partial charge in [0, 0.05) is 12.1 Å². The number of carbonyl (C=O) groups excluding carboxylic acids is 1. The number of amides is 1. The average molecular weight is 264 g/mol. The van der Waals surface area contributed by atoms with Crippen molar-refractivity contribution < 1.29 is 4.79 Å². The first-order chi connectivity index (χ1) is 8.45. The third-order valence-electron chi connectivity index (χ3n) is 2.74. The molecule has 1 amide bonds. The van der Waals surface area contributed by atoms with Gasteiger partial charge < -0.3 is 10.6 Å². The summed E-state index contributed by atoms with van der Waals surface area (Å²) < 4.78 is 0. The third kappa shape index (κ3) is 3.81. The fraction of sp³-hybridized carbons (Fsp3) is 0.429. The maximum Gasteiger partial charge on any atom is 0.254 e. The van der Waals surface area contributed by atoms with Crippen molar-refractivity contribution in [2.75, 3.05) is 13.1 Å². The molecule has 0 radical (unpaired) electrons. The fourth-order valence-electron chi connectivity index (χ4n) is 1.93. The highest BCUT2D eigenvalue weighted by molar-refractivity contribution is 7.80. The van der Waals surface area contributed by atoms with Crippen molar-refractivity contribution in [3.8, 4) is 0 Å². The first kappa shape index (κ1) is 14.6. The number of hydrogen-bond acceptors (Lipinski definition) is 2. The van der Waals surface area contributed by atoms with E-state index >= 15 is 0 Å². The number of nitrogens with two attached hydrogens (primary N) is 1. The van der Waals surface area contributed by atoms with Crippen molar-refractivity contribution in [3.63, 3.8) is 0 Å². The Balaban J connectivity index is 2.97. The summed E-state index contributed by atoms with van der Waals surface area (Å²) in [6.45, 7) is 7.01. The van der Waals surface area contributed by atoms with Gasteiger partial charge in [-0.05, 0) is 31.9 Å². The van der Waals surface area contributed by atoms with E-state index < -0.39 is 0 Å². The predicted molar refractivity (Wildman–Crippen MR) is 78.9 cm³/mol. The van der Waals surface area contributed by atoms with Crippen LogP contribution in [0.5, 0.6) is 0 Å². The molecule has 1 aromatic rings. The molecule has 0 heterocycles. The molecular formula is C14H20N2OS. The molecule has 0 bridgehead atoms. The number of rotatable bonds is 5. The van der Waals surface area contributed by atoms with E-state index in [0.717, 1.165) is 23.1 Å². The van der Waals surface area contributed by atoms with Crippen molar-refractivity contribution in [2.45, 2.75) is 27.2 Å². The highest BCUT2D eigenvalue weighted by Gasteiger charge is 2.17. The summed E-state index contributed by atoms with van der Waals surface area (Å²) in [4.78, 5) is 14.5. The lowest BCUT2D eigenvalue weighted by molar-refractivity contribution is 0.0779. The van der Waals surface area contributed by atoms with E-state index in [-0.39, 0.29) is 5.91 Å². The molecule has 0 saturated carbocycles. The minimum absolute atomic E-state index is 0.00199. The maximum absolute atomic E-state index is 12.4. The van der Waals surface area contributed by atoms with Crippen LogP contribution in [-0.4, -0.2) is 28.9 Å². The summed E-state index contributed by atoms with van der Waals surface area (Å²) in [7, 11) is 0. The lowest BCUT2D eigenvalue weighted by atomic mass is 10.0. The molecule has 18 heavy (non-hydrogen) atoms. The largest absolute Gasteiger partial charge is 0.392 e. The van der Waals surface area contributed by atoms with Gasteiger partial charge in [-0.3, -0.25) is 4.79 Å². The Morgan fingerprint density at radius 3 is 2.56 bits per heavy atom. The molecule has 0 spiro atoms. The van der Waals surface area contributed by atoms with Crippen LogP contribution in [0.3, 0.4) is 0 Å². The van der Waals surface area contributed by atoms with Crippen LogP contribution < -0.4 is 5.73 Å². The smallest absolute Gasteiger partial charge is 0.254 e. The highest BCUT2D eigenvalue weighted by Crippen LogP contribution is 2.13. The SMILES string of the molecule is CCCN(CC(N)=S)C(=O)c1ccc(C)cc1C. The van der Waals surface area contributed by atoms with Crippen LogP contribution in [0.1, 0.15) is 34.8 Å². The van der Waals surface area contributed by atoms with Gasteiger partial charge in [0.2, 0.25) is 0 Å². The highest BCUT2D eigenvalue weighted by atomic mass is 32.1. The average Bonchev–Trinajstić information content (AvgIpc) is 2.27. The second-order valence-electron chi connectivity index (χ2n) is 4.51. The maximum atomic E-state index is 12.4.